The smallest absolute Gasteiger partial charge is 0.156 e. The third-order valence-electron chi connectivity index (χ3n) is 5.12. The molecule has 0 N–H and O–H groups in total. The molecule has 3 aromatic carbocycles. The Kier molecular flexibility index (Phi) is 4.74. The number of benzene rings is 3. The second-order valence-corrected chi connectivity index (χ2v) is 7.14. The molecule has 0 spiro atoms. The van der Waals surface area contributed by atoms with Crippen LogP contribution in [0.3, 0.4) is 0 Å². The van der Waals surface area contributed by atoms with E-state index in [1.54, 1.807) is 0 Å². The molecule has 146 valence electrons. The molecule has 0 saturated heterocycles. The van der Waals surface area contributed by atoms with Gasteiger partial charge in [0.1, 0.15) is 11.3 Å². The van der Waals surface area contributed by atoms with Crippen molar-refractivity contribution in [2.75, 3.05) is 0 Å². The van der Waals surface area contributed by atoms with Crippen LogP contribution in [-0.4, -0.2) is 16.0 Å². The Morgan fingerprint density at radius 3 is 2.47 bits per heavy atom. The van der Waals surface area contributed by atoms with Gasteiger partial charge in [-0.1, -0.05) is 55.5 Å². The summed E-state index contributed by atoms with van der Waals surface area (Å²) in [5.74, 6) is 0.730. The van der Waals surface area contributed by atoms with Gasteiger partial charge in [-0.3, -0.25) is 4.99 Å². The number of aromatic nitrogens is 2. The zero-order chi connectivity index (χ0) is 20.3. The summed E-state index contributed by atoms with van der Waals surface area (Å²) >= 11 is 0. The zero-order valence-corrected chi connectivity index (χ0v) is 16.7. The first-order valence-electron chi connectivity index (χ1n) is 10.1. The molecule has 5 aromatic rings. The van der Waals surface area contributed by atoms with E-state index in [0.29, 0.717) is 0 Å². The van der Waals surface area contributed by atoms with Crippen LogP contribution in [0.25, 0.3) is 28.1 Å². The average Bonchev–Trinajstić information content (AvgIpc) is 3.43. The lowest BCUT2D eigenvalue weighted by molar-refractivity contribution is 0.627. The molecule has 0 aliphatic carbocycles. The van der Waals surface area contributed by atoms with E-state index in [4.69, 9.17) is 9.52 Å². The number of furan rings is 1. The van der Waals surface area contributed by atoms with Crippen LogP contribution in [0.1, 0.15) is 18.1 Å². The molecule has 0 saturated carbocycles. The van der Waals surface area contributed by atoms with Gasteiger partial charge >= 0.3 is 0 Å². The molecule has 0 fully saturated rings. The van der Waals surface area contributed by atoms with Crippen LogP contribution in [0.15, 0.2) is 101 Å². The number of rotatable bonds is 5. The van der Waals surface area contributed by atoms with Gasteiger partial charge in [-0.15, -0.1) is 0 Å². The van der Waals surface area contributed by atoms with Crippen LogP contribution in [0, 0.1) is 0 Å². The minimum absolute atomic E-state index is 0.730. The quantitative estimate of drug-likeness (QED) is 0.317. The number of hydrogen-bond acceptors (Lipinski definition) is 3. The predicted molar refractivity (Wildman–Crippen MR) is 122 cm³/mol. The van der Waals surface area contributed by atoms with Crippen LogP contribution >= 0.6 is 0 Å². The molecule has 0 aliphatic rings. The number of nitrogens with zero attached hydrogens (tertiary/aromatic N) is 3. The van der Waals surface area contributed by atoms with Crippen molar-refractivity contribution >= 4 is 22.9 Å². The van der Waals surface area contributed by atoms with E-state index in [2.05, 4.69) is 24.0 Å². The largest absolute Gasteiger partial charge is 0.454 e. The maximum absolute atomic E-state index is 6.09. The first-order chi connectivity index (χ1) is 14.8. The van der Waals surface area contributed by atoms with E-state index in [-0.39, 0.29) is 0 Å². The first kappa shape index (κ1) is 18.1. The van der Waals surface area contributed by atoms with Crippen LogP contribution in [0.2, 0.25) is 0 Å². The maximum Gasteiger partial charge on any atom is 0.156 e. The summed E-state index contributed by atoms with van der Waals surface area (Å²) in [4.78, 5) is 4.68. The maximum atomic E-state index is 6.09. The number of para-hydroxylation sites is 2. The van der Waals surface area contributed by atoms with Gasteiger partial charge in [0.05, 0.1) is 11.4 Å². The van der Waals surface area contributed by atoms with Crippen LogP contribution in [0.4, 0.5) is 5.69 Å². The highest BCUT2D eigenvalue weighted by atomic mass is 16.3. The van der Waals surface area contributed by atoms with Crippen LogP contribution in [0.5, 0.6) is 0 Å². The lowest BCUT2D eigenvalue weighted by Crippen LogP contribution is -1.93. The lowest BCUT2D eigenvalue weighted by atomic mass is 10.1. The fourth-order valence-corrected chi connectivity index (χ4v) is 3.45. The Labute approximate surface area is 175 Å². The van der Waals surface area contributed by atoms with E-state index >= 15 is 0 Å². The van der Waals surface area contributed by atoms with Gasteiger partial charge in [-0.05, 0) is 48.4 Å². The highest BCUT2D eigenvalue weighted by molar-refractivity contribution is 5.91. The molecule has 2 heterocycles. The summed E-state index contributed by atoms with van der Waals surface area (Å²) in [7, 11) is 0. The third kappa shape index (κ3) is 3.55. The first-order valence-corrected chi connectivity index (χ1v) is 10.1. The summed E-state index contributed by atoms with van der Waals surface area (Å²) in [5.41, 5.74) is 5.71. The lowest BCUT2D eigenvalue weighted by Gasteiger charge is -1.98. The summed E-state index contributed by atoms with van der Waals surface area (Å²) in [6.07, 6.45) is 4.86. The van der Waals surface area contributed by atoms with Crippen LogP contribution < -0.4 is 0 Å². The van der Waals surface area contributed by atoms with Gasteiger partial charge in [0.25, 0.3) is 0 Å². The fourth-order valence-electron chi connectivity index (χ4n) is 3.45. The number of hydrogen-bond donors (Lipinski definition) is 0. The van der Waals surface area contributed by atoms with E-state index in [1.165, 1.54) is 5.56 Å². The molecule has 0 bridgehead atoms. The van der Waals surface area contributed by atoms with Gasteiger partial charge < -0.3 is 4.42 Å². The molecule has 5 rings (SSSR count). The fraction of sp³-hybridized carbons (Fsp3) is 0.0769. The van der Waals surface area contributed by atoms with E-state index in [9.17, 15) is 0 Å². The summed E-state index contributed by atoms with van der Waals surface area (Å²) in [6.45, 7) is 2.15. The second-order valence-electron chi connectivity index (χ2n) is 7.14. The standard InChI is InChI=1S/C26H21N3O/c1-2-19-12-14-22(15-13-19)27-17-21-18-29(23-9-4-3-5-10-23)28-26(21)25-16-20-8-6-7-11-24(20)30-25/h3-18H,2H2,1H3. The van der Waals surface area contributed by atoms with Crippen LogP contribution in [-0.2, 0) is 6.42 Å². The average molecular weight is 391 g/mol. The highest BCUT2D eigenvalue weighted by Crippen LogP contribution is 2.29. The second kappa shape index (κ2) is 7.84. The summed E-state index contributed by atoms with van der Waals surface area (Å²) < 4.78 is 7.95. The topological polar surface area (TPSA) is 43.3 Å². The number of fused-ring (bicyclic) bond motifs is 1. The van der Waals surface area contributed by atoms with Gasteiger partial charge in [0.15, 0.2) is 5.76 Å². The predicted octanol–water partition coefficient (Wildman–Crippen LogP) is 6.60. The normalized spacial score (nSPS) is 11.5. The van der Waals surface area contributed by atoms with E-state index < -0.39 is 0 Å². The SMILES string of the molecule is CCc1ccc(N=Cc2cn(-c3ccccc3)nc2-c2cc3ccccc3o2)cc1. The Hall–Kier alpha value is -3.92. The molecule has 0 aliphatic heterocycles. The highest BCUT2D eigenvalue weighted by Gasteiger charge is 2.15. The van der Waals surface area contributed by atoms with E-state index in [1.807, 2.05) is 89.9 Å². The molecular weight excluding hydrogens is 370 g/mol. The van der Waals surface area contributed by atoms with E-state index in [0.717, 1.165) is 45.8 Å². The summed E-state index contributed by atoms with van der Waals surface area (Å²) in [5, 5.41) is 5.87. The molecule has 0 unspecified atom stereocenters. The van der Waals surface area contributed by atoms with Crippen molar-refractivity contribution in [3.63, 3.8) is 0 Å². The van der Waals surface area contributed by atoms with Gasteiger partial charge in [-0.25, -0.2) is 4.68 Å². The molecule has 0 radical (unpaired) electrons. The molecule has 2 aromatic heterocycles. The number of aliphatic imine (C=N–C) groups is 1. The van der Waals surface area contributed by atoms with Crippen molar-refractivity contribution in [2.24, 2.45) is 4.99 Å². The Bertz CT molecular complexity index is 1280. The van der Waals surface area contributed by atoms with Gasteiger partial charge in [0, 0.05) is 23.4 Å². The Morgan fingerprint density at radius 1 is 0.933 bits per heavy atom. The third-order valence-corrected chi connectivity index (χ3v) is 5.12. The Morgan fingerprint density at radius 2 is 1.70 bits per heavy atom. The van der Waals surface area contributed by atoms with Crippen molar-refractivity contribution < 1.29 is 4.42 Å². The molecule has 30 heavy (non-hydrogen) atoms. The van der Waals surface area contributed by atoms with Crippen molar-refractivity contribution in [2.45, 2.75) is 13.3 Å². The molecule has 4 nitrogen and oxygen atoms in total. The van der Waals surface area contributed by atoms with Crippen molar-refractivity contribution in [1.82, 2.24) is 9.78 Å². The molecule has 0 atom stereocenters. The number of aryl methyl sites for hydroxylation is 1. The van der Waals surface area contributed by atoms with Gasteiger partial charge in [0.2, 0.25) is 0 Å². The molecule has 4 heteroatoms. The van der Waals surface area contributed by atoms with Crippen molar-refractivity contribution in [3.8, 4) is 17.1 Å². The minimum Gasteiger partial charge on any atom is -0.454 e. The monoisotopic (exact) mass is 391 g/mol. The molecule has 0 amide bonds. The Balaban J connectivity index is 1.58. The minimum atomic E-state index is 0.730. The van der Waals surface area contributed by atoms with Gasteiger partial charge in [-0.2, -0.15) is 5.10 Å². The zero-order valence-electron chi connectivity index (χ0n) is 16.7. The molecular formula is C26H21N3O. The van der Waals surface area contributed by atoms with Crippen molar-refractivity contribution in [3.05, 3.63) is 102 Å². The van der Waals surface area contributed by atoms with Crippen molar-refractivity contribution in [1.29, 1.82) is 0 Å². The summed E-state index contributed by atoms with van der Waals surface area (Å²) in [6, 6.07) is 28.4.